The van der Waals surface area contributed by atoms with Crippen molar-refractivity contribution in [1.29, 1.82) is 0 Å². The second kappa shape index (κ2) is 8.29. The number of methoxy groups -OCH3 is 1. The molecule has 126 valence electrons. The van der Waals surface area contributed by atoms with Crippen LogP contribution in [0.1, 0.15) is 13.8 Å². The van der Waals surface area contributed by atoms with E-state index < -0.39 is 24.1 Å². The molecule has 22 heavy (non-hydrogen) atoms. The minimum absolute atomic E-state index is 0.0621. The fourth-order valence-corrected chi connectivity index (χ4v) is 4.66. The molecule has 0 radical (unpaired) electrons. The molecule has 7 nitrogen and oxygen atoms in total. The standard InChI is InChI=1S/C12H18ClO7PS/c1-4-18-21(14,19-5-2)9-20-22(15,16)12-8-10(13)6-7-11(12)17-3/h6-8H,4-5,9H2,1-3H3. The maximum atomic E-state index is 12.2. The average Bonchev–Trinajstić information content (AvgIpc) is 2.46. The first-order chi connectivity index (χ1) is 10.3. The van der Waals surface area contributed by atoms with Gasteiger partial charge in [0.2, 0.25) is 0 Å². The van der Waals surface area contributed by atoms with E-state index in [-0.39, 0.29) is 28.9 Å². The third-order valence-electron chi connectivity index (χ3n) is 2.41. The molecule has 0 aliphatic heterocycles. The van der Waals surface area contributed by atoms with Crippen LogP contribution >= 0.6 is 19.2 Å². The summed E-state index contributed by atoms with van der Waals surface area (Å²) in [5.41, 5.74) is 0. The fraction of sp³-hybridized carbons (Fsp3) is 0.500. The molecule has 1 rings (SSSR count). The Morgan fingerprint density at radius 2 is 1.77 bits per heavy atom. The number of hydrogen-bond acceptors (Lipinski definition) is 7. The second-order valence-electron chi connectivity index (χ2n) is 3.94. The van der Waals surface area contributed by atoms with Gasteiger partial charge in [-0.1, -0.05) is 11.6 Å². The Morgan fingerprint density at radius 1 is 1.18 bits per heavy atom. The Kier molecular flexibility index (Phi) is 7.31. The van der Waals surface area contributed by atoms with Crippen LogP contribution < -0.4 is 4.74 Å². The van der Waals surface area contributed by atoms with E-state index in [9.17, 15) is 13.0 Å². The highest BCUT2D eigenvalue weighted by Crippen LogP contribution is 2.48. The lowest BCUT2D eigenvalue weighted by molar-refractivity contribution is 0.197. The lowest BCUT2D eigenvalue weighted by Gasteiger charge is -2.17. The predicted octanol–water partition coefficient (Wildman–Crippen LogP) is 3.28. The number of benzene rings is 1. The molecule has 0 amide bonds. The maximum Gasteiger partial charge on any atom is 0.357 e. The van der Waals surface area contributed by atoms with E-state index in [0.29, 0.717) is 0 Å². The van der Waals surface area contributed by atoms with Crippen molar-refractivity contribution in [2.45, 2.75) is 18.7 Å². The third-order valence-corrected chi connectivity index (χ3v) is 5.86. The van der Waals surface area contributed by atoms with Crippen LogP contribution in [-0.2, 0) is 27.9 Å². The van der Waals surface area contributed by atoms with Crippen molar-refractivity contribution >= 4 is 29.3 Å². The molecule has 0 aliphatic carbocycles. The summed E-state index contributed by atoms with van der Waals surface area (Å²) in [6, 6.07) is 4.05. The predicted molar refractivity (Wildman–Crippen MR) is 82.0 cm³/mol. The van der Waals surface area contributed by atoms with Gasteiger partial charge in [-0.3, -0.25) is 8.75 Å². The first-order valence-electron chi connectivity index (χ1n) is 6.39. The Balaban J connectivity index is 3.01. The summed E-state index contributed by atoms with van der Waals surface area (Å²) in [6.07, 6.45) is -0.729. The quantitative estimate of drug-likeness (QED) is 0.485. The van der Waals surface area contributed by atoms with Gasteiger partial charge >= 0.3 is 17.7 Å². The van der Waals surface area contributed by atoms with E-state index >= 15 is 0 Å². The van der Waals surface area contributed by atoms with Crippen molar-refractivity contribution in [3.63, 3.8) is 0 Å². The molecule has 0 heterocycles. The first-order valence-corrected chi connectivity index (χ1v) is 9.90. The number of hydrogen-bond donors (Lipinski definition) is 0. The molecule has 0 atom stereocenters. The molecule has 0 unspecified atom stereocenters. The maximum absolute atomic E-state index is 12.2. The van der Waals surface area contributed by atoms with Gasteiger partial charge in [0.15, 0.2) is 6.35 Å². The smallest absolute Gasteiger partial charge is 0.357 e. The molecule has 10 heteroatoms. The Hall–Kier alpha value is -0.630. The van der Waals surface area contributed by atoms with Crippen molar-refractivity contribution < 1.29 is 31.0 Å². The SMILES string of the molecule is CCOP(=O)(COS(=O)(=O)c1cc(Cl)ccc1OC)OCC. The van der Waals surface area contributed by atoms with E-state index in [1.165, 1.54) is 25.3 Å². The molecule has 0 aliphatic rings. The highest BCUT2D eigenvalue weighted by Gasteiger charge is 2.30. The van der Waals surface area contributed by atoms with Crippen LogP contribution in [0, 0.1) is 0 Å². The molecule has 0 bridgehead atoms. The van der Waals surface area contributed by atoms with Crippen molar-refractivity contribution in [3.8, 4) is 5.75 Å². The topological polar surface area (TPSA) is 88.1 Å². The largest absolute Gasteiger partial charge is 0.495 e. The van der Waals surface area contributed by atoms with Gasteiger partial charge in [-0.15, -0.1) is 0 Å². The van der Waals surface area contributed by atoms with Gasteiger partial charge in [-0.05, 0) is 32.0 Å². The van der Waals surface area contributed by atoms with Gasteiger partial charge in [0.05, 0.1) is 20.3 Å². The molecule has 0 saturated heterocycles. The lowest BCUT2D eigenvalue weighted by Crippen LogP contribution is -2.11. The number of ether oxygens (including phenoxy) is 1. The summed E-state index contributed by atoms with van der Waals surface area (Å²) in [6.45, 7) is 3.42. The Labute approximate surface area is 135 Å². The van der Waals surface area contributed by atoms with Crippen LogP contribution in [0.25, 0.3) is 0 Å². The number of rotatable bonds is 9. The monoisotopic (exact) mass is 372 g/mol. The zero-order valence-electron chi connectivity index (χ0n) is 12.4. The average molecular weight is 373 g/mol. The molecular weight excluding hydrogens is 355 g/mol. The van der Waals surface area contributed by atoms with Gasteiger partial charge in [0.1, 0.15) is 10.6 Å². The van der Waals surface area contributed by atoms with Gasteiger partial charge in [0, 0.05) is 5.02 Å². The zero-order chi connectivity index (χ0) is 16.8. The summed E-state index contributed by atoms with van der Waals surface area (Å²) in [4.78, 5) is -0.262. The van der Waals surface area contributed by atoms with E-state index in [2.05, 4.69) is 0 Å². The highest BCUT2D eigenvalue weighted by atomic mass is 35.5. The lowest BCUT2D eigenvalue weighted by atomic mass is 10.3. The Bertz CT molecular complexity index is 637. The van der Waals surface area contributed by atoms with E-state index in [4.69, 9.17) is 29.6 Å². The van der Waals surface area contributed by atoms with Crippen molar-refractivity contribution in [2.24, 2.45) is 0 Å². The summed E-state index contributed by atoms with van der Waals surface area (Å²) < 4.78 is 56.4. The van der Waals surface area contributed by atoms with Crippen LogP contribution in [-0.4, -0.2) is 35.1 Å². The Morgan fingerprint density at radius 3 is 2.27 bits per heavy atom. The third kappa shape index (κ3) is 5.22. The first kappa shape index (κ1) is 19.4. The van der Waals surface area contributed by atoms with E-state index in [0.717, 1.165) is 0 Å². The molecule has 0 N–H and O–H groups in total. The minimum Gasteiger partial charge on any atom is -0.495 e. The van der Waals surface area contributed by atoms with Crippen molar-refractivity contribution in [3.05, 3.63) is 23.2 Å². The summed E-state index contributed by atoms with van der Waals surface area (Å²) in [5, 5.41) is 0.195. The van der Waals surface area contributed by atoms with Crippen LogP contribution in [0.15, 0.2) is 23.1 Å². The van der Waals surface area contributed by atoms with Crippen molar-refractivity contribution in [1.82, 2.24) is 0 Å². The van der Waals surface area contributed by atoms with Crippen molar-refractivity contribution in [2.75, 3.05) is 26.7 Å². The summed E-state index contributed by atoms with van der Waals surface area (Å²) in [5.74, 6) is 0.0621. The molecule has 0 saturated carbocycles. The van der Waals surface area contributed by atoms with Crippen LogP contribution in [0.4, 0.5) is 0 Å². The zero-order valence-corrected chi connectivity index (χ0v) is 14.9. The molecule has 1 aromatic carbocycles. The van der Waals surface area contributed by atoms with E-state index in [1.54, 1.807) is 13.8 Å². The second-order valence-corrected chi connectivity index (χ2v) is 7.96. The van der Waals surface area contributed by atoms with Gasteiger partial charge < -0.3 is 13.8 Å². The van der Waals surface area contributed by atoms with Crippen LogP contribution in [0.2, 0.25) is 5.02 Å². The van der Waals surface area contributed by atoms with Crippen LogP contribution in [0.3, 0.4) is 0 Å². The number of halogens is 1. The minimum atomic E-state index is -4.24. The van der Waals surface area contributed by atoms with Gasteiger partial charge in [-0.25, -0.2) is 0 Å². The molecule has 1 aromatic rings. The summed E-state index contributed by atoms with van der Waals surface area (Å²) in [7, 11) is -6.57. The normalized spacial score (nSPS) is 12.4. The molecule has 0 aromatic heterocycles. The summed E-state index contributed by atoms with van der Waals surface area (Å²) >= 11 is 5.79. The van der Waals surface area contributed by atoms with Gasteiger partial charge in [0.25, 0.3) is 0 Å². The molecular formula is C12H18ClO7PS. The highest BCUT2D eigenvalue weighted by molar-refractivity contribution is 7.87. The molecule has 0 spiro atoms. The fourth-order valence-electron chi connectivity index (χ4n) is 1.55. The van der Waals surface area contributed by atoms with E-state index in [1.807, 2.05) is 0 Å². The van der Waals surface area contributed by atoms with Gasteiger partial charge in [-0.2, -0.15) is 8.42 Å². The molecule has 0 fully saturated rings. The van der Waals surface area contributed by atoms with Crippen LogP contribution in [0.5, 0.6) is 5.75 Å².